The monoisotopic (exact) mass is 487 g/mol. The molecule has 0 bridgehead atoms. The van der Waals surface area contributed by atoms with E-state index in [1.165, 1.54) is 12.8 Å². The maximum Gasteiger partial charge on any atom is 0.257 e. The van der Waals surface area contributed by atoms with Crippen molar-refractivity contribution >= 4 is 17.5 Å². The molecule has 4 rings (SSSR count). The second kappa shape index (κ2) is 11.7. The molecule has 1 N–H and O–H groups in total. The largest absolute Gasteiger partial charge is 0.491 e. The molecule has 1 aliphatic carbocycles. The zero-order chi connectivity index (χ0) is 24.9. The highest BCUT2D eigenvalue weighted by Crippen LogP contribution is 2.32. The Morgan fingerprint density at radius 2 is 1.89 bits per heavy atom. The molecule has 3 atom stereocenters. The van der Waals surface area contributed by atoms with Gasteiger partial charge in [0.25, 0.3) is 5.91 Å². The second-order valence-electron chi connectivity index (χ2n) is 10.6. The summed E-state index contributed by atoms with van der Waals surface area (Å²) >= 11 is 0. The first-order valence-electron chi connectivity index (χ1n) is 13.0. The number of methoxy groups -OCH3 is 1. The van der Waals surface area contributed by atoms with Crippen LogP contribution in [0.5, 0.6) is 5.75 Å². The van der Waals surface area contributed by atoms with Gasteiger partial charge in [-0.05, 0) is 62.6 Å². The van der Waals surface area contributed by atoms with E-state index in [4.69, 9.17) is 14.2 Å². The van der Waals surface area contributed by atoms with Crippen molar-refractivity contribution in [3.63, 3.8) is 0 Å². The number of nitrogens with zero attached hydrogens (tertiary/aromatic N) is 2. The Kier molecular flexibility index (Phi) is 8.68. The van der Waals surface area contributed by atoms with E-state index in [1.54, 1.807) is 31.2 Å². The van der Waals surface area contributed by atoms with E-state index >= 15 is 0 Å². The van der Waals surface area contributed by atoms with Gasteiger partial charge in [-0.3, -0.25) is 14.5 Å². The molecule has 0 unspecified atom stereocenters. The Bertz CT molecular complexity index is 884. The lowest BCUT2D eigenvalue weighted by Gasteiger charge is -2.36. The molecule has 1 aromatic carbocycles. The number of hydrogen-bond donors (Lipinski definition) is 1. The molecule has 0 aromatic heterocycles. The summed E-state index contributed by atoms with van der Waals surface area (Å²) in [6.45, 7) is 8.57. The fourth-order valence-corrected chi connectivity index (χ4v) is 5.02. The number of nitrogens with one attached hydrogen (secondary N) is 1. The molecule has 0 radical (unpaired) electrons. The van der Waals surface area contributed by atoms with E-state index < -0.39 is 0 Å². The number of carbonyl (C=O) groups is 2. The molecule has 8 nitrogen and oxygen atoms in total. The van der Waals surface area contributed by atoms with Crippen molar-refractivity contribution in [1.82, 2.24) is 9.80 Å². The first-order valence-corrected chi connectivity index (χ1v) is 13.0. The number of benzene rings is 1. The number of likely N-dealkylation sites (N-methyl/N-ethyl adjacent to an activating group) is 1. The van der Waals surface area contributed by atoms with Crippen molar-refractivity contribution in [3.05, 3.63) is 23.8 Å². The molecule has 8 heteroatoms. The Balaban J connectivity index is 1.57. The van der Waals surface area contributed by atoms with Gasteiger partial charge >= 0.3 is 0 Å². The fourth-order valence-electron chi connectivity index (χ4n) is 5.02. The molecular weight excluding hydrogens is 446 g/mol. The van der Waals surface area contributed by atoms with Crippen molar-refractivity contribution in [2.24, 2.45) is 17.8 Å². The van der Waals surface area contributed by atoms with E-state index in [0.717, 1.165) is 19.0 Å². The van der Waals surface area contributed by atoms with E-state index in [2.05, 4.69) is 24.1 Å². The maximum absolute atomic E-state index is 13.5. The van der Waals surface area contributed by atoms with Crippen molar-refractivity contribution in [3.8, 4) is 5.75 Å². The number of amides is 2. The molecule has 2 amide bonds. The van der Waals surface area contributed by atoms with Crippen molar-refractivity contribution < 1.29 is 23.8 Å². The van der Waals surface area contributed by atoms with Crippen LogP contribution in [0.3, 0.4) is 0 Å². The third kappa shape index (κ3) is 6.74. The number of anilines is 1. The molecular formula is C27H41N3O5. The standard InChI is InChI=1S/C27H41N3O5/c1-18-14-30(15-20-5-6-20)19(2)17-35-24-8-7-22(28-26(31)21-9-11-34-12-10-21)13-23(24)27(32)29(3)16-25(18)33-4/h7-8,13,18-21,25H,5-6,9-12,14-17H2,1-4H3,(H,28,31)/t18-,19-,25-/m1/s1. The van der Waals surface area contributed by atoms with E-state index in [-0.39, 0.29) is 35.8 Å². The van der Waals surface area contributed by atoms with Crippen LogP contribution >= 0.6 is 0 Å². The third-order valence-electron chi connectivity index (χ3n) is 7.62. The van der Waals surface area contributed by atoms with Gasteiger partial charge in [0.15, 0.2) is 0 Å². The zero-order valence-electron chi connectivity index (χ0n) is 21.6. The molecule has 1 aromatic rings. The van der Waals surface area contributed by atoms with Gasteiger partial charge in [-0.15, -0.1) is 0 Å². The Hall–Kier alpha value is -2.16. The summed E-state index contributed by atoms with van der Waals surface area (Å²) in [6, 6.07) is 5.58. The quantitative estimate of drug-likeness (QED) is 0.687. The first kappa shape index (κ1) is 25.9. The number of fused-ring (bicyclic) bond motifs is 1. The SMILES string of the molecule is CO[C@@H]1CN(C)C(=O)c2cc(NC(=O)C3CCOCC3)ccc2OC[C@@H](C)N(CC2CC2)C[C@H]1C. The minimum atomic E-state index is -0.139. The molecule has 0 spiro atoms. The molecule has 35 heavy (non-hydrogen) atoms. The van der Waals surface area contributed by atoms with Gasteiger partial charge in [-0.1, -0.05) is 6.92 Å². The second-order valence-corrected chi connectivity index (χ2v) is 10.6. The number of carbonyl (C=O) groups excluding carboxylic acids is 2. The zero-order valence-corrected chi connectivity index (χ0v) is 21.6. The molecule has 2 aliphatic heterocycles. The molecule has 3 aliphatic rings. The average molecular weight is 488 g/mol. The first-order chi connectivity index (χ1) is 16.9. The third-order valence-corrected chi connectivity index (χ3v) is 7.62. The predicted octanol–water partition coefficient (Wildman–Crippen LogP) is 3.27. The molecule has 2 fully saturated rings. The minimum absolute atomic E-state index is 0.0271. The van der Waals surface area contributed by atoms with E-state index in [1.807, 2.05) is 6.07 Å². The van der Waals surface area contributed by atoms with Crippen LogP contribution in [0, 0.1) is 17.8 Å². The smallest absolute Gasteiger partial charge is 0.257 e. The molecule has 1 saturated heterocycles. The van der Waals surface area contributed by atoms with Gasteiger partial charge in [0.2, 0.25) is 5.91 Å². The lowest BCUT2D eigenvalue weighted by Crippen LogP contribution is -2.47. The summed E-state index contributed by atoms with van der Waals surface area (Å²) in [5.74, 6) is 1.35. The van der Waals surface area contributed by atoms with Crippen LogP contribution in [0.15, 0.2) is 18.2 Å². The van der Waals surface area contributed by atoms with Crippen molar-refractivity contribution in [2.75, 3.05) is 58.9 Å². The number of rotatable bonds is 5. The highest BCUT2D eigenvalue weighted by atomic mass is 16.5. The van der Waals surface area contributed by atoms with Crippen molar-refractivity contribution in [1.29, 1.82) is 0 Å². The topological polar surface area (TPSA) is 80.3 Å². The van der Waals surface area contributed by atoms with Crippen LogP contribution in [0.25, 0.3) is 0 Å². The van der Waals surface area contributed by atoms with Gasteiger partial charge in [0.05, 0.1) is 11.7 Å². The Morgan fingerprint density at radius 3 is 2.57 bits per heavy atom. The summed E-state index contributed by atoms with van der Waals surface area (Å²) in [6.07, 6.45) is 3.96. The van der Waals surface area contributed by atoms with Crippen LogP contribution in [0.4, 0.5) is 5.69 Å². The number of hydrogen-bond acceptors (Lipinski definition) is 6. The summed E-state index contributed by atoms with van der Waals surface area (Å²) in [4.78, 5) is 30.5. The Labute approximate surface area is 209 Å². The lowest BCUT2D eigenvalue weighted by atomic mass is 9.99. The maximum atomic E-state index is 13.5. The van der Waals surface area contributed by atoms with Crippen LogP contribution < -0.4 is 10.1 Å². The summed E-state index contributed by atoms with van der Waals surface area (Å²) in [7, 11) is 3.52. The van der Waals surface area contributed by atoms with Gasteiger partial charge in [-0.2, -0.15) is 0 Å². The Morgan fingerprint density at radius 1 is 1.14 bits per heavy atom. The normalized spacial score (nSPS) is 27.4. The molecule has 194 valence electrons. The molecule has 2 heterocycles. The summed E-state index contributed by atoms with van der Waals surface area (Å²) < 4.78 is 17.5. The number of ether oxygens (including phenoxy) is 3. The van der Waals surface area contributed by atoms with E-state index in [9.17, 15) is 9.59 Å². The van der Waals surface area contributed by atoms with Crippen LogP contribution in [0.2, 0.25) is 0 Å². The predicted molar refractivity (Wildman–Crippen MR) is 135 cm³/mol. The highest BCUT2D eigenvalue weighted by molar-refractivity contribution is 5.99. The molecule has 1 saturated carbocycles. The minimum Gasteiger partial charge on any atom is -0.491 e. The summed E-state index contributed by atoms with van der Waals surface area (Å²) in [5, 5.41) is 3.00. The van der Waals surface area contributed by atoms with Crippen LogP contribution in [-0.2, 0) is 14.3 Å². The van der Waals surface area contributed by atoms with Crippen molar-refractivity contribution in [2.45, 2.75) is 51.7 Å². The summed E-state index contributed by atoms with van der Waals surface area (Å²) in [5.41, 5.74) is 1.07. The van der Waals surface area contributed by atoms with Gasteiger partial charge in [0, 0.05) is 64.7 Å². The fraction of sp³-hybridized carbons (Fsp3) is 0.704. The highest BCUT2D eigenvalue weighted by Gasteiger charge is 2.32. The average Bonchev–Trinajstić information content (AvgIpc) is 3.69. The van der Waals surface area contributed by atoms with Gasteiger partial charge < -0.3 is 24.4 Å². The van der Waals surface area contributed by atoms with Crippen LogP contribution in [-0.4, -0.2) is 87.4 Å². The van der Waals surface area contributed by atoms with E-state index in [0.29, 0.717) is 56.2 Å². The lowest BCUT2D eigenvalue weighted by molar-refractivity contribution is -0.122. The van der Waals surface area contributed by atoms with Gasteiger partial charge in [-0.25, -0.2) is 0 Å². The van der Waals surface area contributed by atoms with Crippen LogP contribution in [0.1, 0.15) is 49.9 Å². The van der Waals surface area contributed by atoms with Gasteiger partial charge in [0.1, 0.15) is 12.4 Å².